The molecule has 0 spiro atoms. The van der Waals surface area contributed by atoms with Crippen LogP contribution in [0.15, 0.2) is 41.3 Å². The van der Waals surface area contributed by atoms with Crippen molar-refractivity contribution in [1.82, 2.24) is 0 Å². The Morgan fingerprint density at radius 1 is 1.07 bits per heavy atom. The van der Waals surface area contributed by atoms with Gasteiger partial charge in [0.2, 0.25) is 11.8 Å². The Hall–Kier alpha value is -2.58. The normalized spacial score (nSPS) is 14.6. The van der Waals surface area contributed by atoms with E-state index in [-0.39, 0.29) is 35.2 Å². The van der Waals surface area contributed by atoms with Gasteiger partial charge >= 0.3 is 0 Å². The average Bonchev–Trinajstić information content (AvgIpc) is 2.96. The molecule has 1 aliphatic rings. The SMILES string of the molecule is COc1cc(Cl)c(C)cc1NS(=O)(=O)c1ccc(N2C(=O)CCC2=O)cc1. The summed E-state index contributed by atoms with van der Waals surface area (Å²) < 4.78 is 33.0. The molecular weight excluding hydrogens is 392 g/mol. The summed E-state index contributed by atoms with van der Waals surface area (Å²) in [4.78, 5) is 24.6. The van der Waals surface area contributed by atoms with Gasteiger partial charge in [-0.05, 0) is 42.8 Å². The van der Waals surface area contributed by atoms with Gasteiger partial charge in [-0.1, -0.05) is 11.6 Å². The van der Waals surface area contributed by atoms with Crippen molar-refractivity contribution in [2.45, 2.75) is 24.7 Å². The topological polar surface area (TPSA) is 92.8 Å². The number of imide groups is 1. The number of hydrogen-bond acceptors (Lipinski definition) is 5. The molecule has 27 heavy (non-hydrogen) atoms. The lowest BCUT2D eigenvalue weighted by molar-refractivity contribution is -0.121. The number of anilines is 2. The van der Waals surface area contributed by atoms with Crippen LogP contribution in [0.2, 0.25) is 5.02 Å². The molecule has 0 aromatic heterocycles. The van der Waals surface area contributed by atoms with Crippen molar-refractivity contribution in [1.29, 1.82) is 0 Å². The molecule has 0 unspecified atom stereocenters. The van der Waals surface area contributed by atoms with Gasteiger partial charge in [0.05, 0.1) is 23.4 Å². The Kier molecular flexibility index (Phi) is 5.12. The summed E-state index contributed by atoms with van der Waals surface area (Å²) in [7, 11) is -2.49. The van der Waals surface area contributed by atoms with E-state index in [0.29, 0.717) is 22.0 Å². The highest BCUT2D eigenvalue weighted by atomic mass is 35.5. The van der Waals surface area contributed by atoms with Crippen LogP contribution in [0.4, 0.5) is 11.4 Å². The van der Waals surface area contributed by atoms with Crippen LogP contribution in [-0.2, 0) is 19.6 Å². The van der Waals surface area contributed by atoms with Gasteiger partial charge in [0, 0.05) is 23.9 Å². The van der Waals surface area contributed by atoms with Crippen LogP contribution in [-0.4, -0.2) is 27.3 Å². The standard InChI is InChI=1S/C18H17ClN2O5S/c1-11-9-15(16(26-2)10-14(11)19)20-27(24,25)13-5-3-12(4-6-13)21-17(22)7-8-18(21)23/h3-6,9-10,20H,7-8H2,1-2H3. The third-order valence-corrected chi connectivity index (χ3v) is 5.97. The Labute approximate surface area is 161 Å². The maximum Gasteiger partial charge on any atom is 0.262 e. The highest BCUT2D eigenvalue weighted by Crippen LogP contribution is 2.33. The number of benzene rings is 2. The zero-order valence-electron chi connectivity index (χ0n) is 14.7. The van der Waals surface area contributed by atoms with Crippen LogP contribution in [0.3, 0.4) is 0 Å². The van der Waals surface area contributed by atoms with Crippen molar-refractivity contribution in [3.05, 3.63) is 47.0 Å². The van der Waals surface area contributed by atoms with Crippen LogP contribution in [0.5, 0.6) is 5.75 Å². The molecule has 2 aromatic rings. The molecule has 9 heteroatoms. The van der Waals surface area contributed by atoms with E-state index in [4.69, 9.17) is 16.3 Å². The number of aryl methyl sites for hydroxylation is 1. The highest BCUT2D eigenvalue weighted by molar-refractivity contribution is 7.92. The first kappa shape index (κ1) is 19.2. The number of hydrogen-bond donors (Lipinski definition) is 1. The van der Waals surface area contributed by atoms with Crippen LogP contribution in [0.25, 0.3) is 0 Å². The molecule has 1 heterocycles. The van der Waals surface area contributed by atoms with Gasteiger partial charge in [0.1, 0.15) is 5.75 Å². The molecule has 2 aromatic carbocycles. The first-order valence-corrected chi connectivity index (χ1v) is 9.92. The van der Waals surface area contributed by atoms with Gasteiger partial charge in [-0.2, -0.15) is 0 Å². The monoisotopic (exact) mass is 408 g/mol. The number of halogens is 1. The number of rotatable bonds is 5. The molecule has 0 saturated carbocycles. The summed E-state index contributed by atoms with van der Waals surface area (Å²) >= 11 is 6.04. The second-order valence-corrected chi connectivity index (χ2v) is 8.11. The number of amides is 2. The first-order chi connectivity index (χ1) is 12.7. The molecule has 0 atom stereocenters. The van der Waals surface area contributed by atoms with Crippen LogP contribution in [0.1, 0.15) is 18.4 Å². The number of ether oxygens (including phenoxy) is 1. The number of sulfonamides is 1. The number of carbonyl (C=O) groups excluding carboxylic acids is 2. The fourth-order valence-corrected chi connectivity index (χ4v) is 3.97. The van der Waals surface area contributed by atoms with Gasteiger partial charge in [0.25, 0.3) is 10.0 Å². The zero-order chi connectivity index (χ0) is 19.8. The summed E-state index contributed by atoms with van der Waals surface area (Å²) in [5, 5.41) is 0.457. The molecule has 0 radical (unpaired) electrons. The molecule has 3 rings (SSSR count). The Balaban J connectivity index is 1.89. The van der Waals surface area contributed by atoms with Gasteiger partial charge in [-0.25, -0.2) is 8.42 Å². The number of nitrogens with one attached hydrogen (secondary N) is 1. The maximum absolute atomic E-state index is 12.7. The van der Waals surface area contributed by atoms with Crippen LogP contribution >= 0.6 is 11.6 Å². The van der Waals surface area contributed by atoms with E-state index in [2.05, 4.69) is 4.72 Å². The Morgan fingerprint density at radius 3 is 2.22 bits per heavy atom. The van der Waals surface area contributed by atoms with Gasteiger partial charge < -0.3 is 4.74 Å². The van der Waals surface area contributed by atoms with E-state index in [1.165, 1.54) is 37.4 Å². The molecular formula is C18H17ClN2O5S. The van der Waals surface area contributed by atoms with Gasteiger partial charge in [-0.3, -0.25) is 19.2 Å². The second-order valence-electron chi connectivity index (χ2n) is 6.02. The van der Waals surface area contributed by atoms with Crippen LogP contribution < -0.4 is 14.4 Å². The summed E-state index contributed by atoms with van der Waals surface area (Å²) in [6.07, 6.45) is 0.326. The fraction of sp³-hybridized carbons (Fsp3) is 0.222. The van der Waals surface area contributed by atoms with Crippen molar-refractivity contribution in [3.8, 4) is 5.75 Å². The van der Waals surface area contributed by atoms with E-state index in [1.54, 1.807) is 13.0 Å². The van der Waals surface area contributed by atoms with E-state index < -0.39 is 10.0 Å². The third kappa shape index (κ3) is 3.77. The number of nitrogens with zero attached hydrogens (tertiary/aromatic N) is 1. The molecule has 7 nitrogen and oxygen atoms in total. The smallest absolute Gasteiger partial charge is 0.262 e. The van der Waals surface area contributed by atoms with Gasteiger partial charge in [-0.15, -0.1) is 0 Å². The molecule has 1 aliphatic heterocycles. The number of carbonyl (C=O) groups is 2. The largest absolute Gasteiger partial charge is 0.495 e. The molecule has 1 fully saturated rings. The third-order valence-electron chi connectivity index (χ3n) is 4.18. The summed E-state index contributed by atoms with van der Waals surface area (Å²) in [5.74, 6) is -0.302. The van der Waals surface area contributed by atoms with E-state index in [9.17, 15) is 18.0 Å². The summed E-state index contributed by atoms with van der Waals surface area (Å²) in [5.41, 5.74) is 1.30. The summed E-state index contributed by atoms with van der Waals surface area (Å²) in [6, 6.07) is 8.65. The van der Waals surface area contributed by atoms with Crippen molar-refractivity contribution in [2.24, 2.45) is 0 Å². The number of methoxy groups -OCH3 is 1. The minimum absolute atomic E-state index is 0.0139. The van der Waals surface area contributed by atoms with E-state index >= 15 is 0 Å². The second kappa shape index (κ2) is 7.21. The maximum atomic E-state index is 12.7. The lowest BCUT2D eigenvalue weighted by Crippen LogP contribution is -2.28. The highest BCUT2D eigenvalue weighted by Gasteiger charge is 2.30. The molecule has 142 valence electrons. The molecule has 1 saturated heterocycles. The minimum Gasteiger partial charge on any atom is -0.495 e. The van der Waals surface area contributed by atoms with Crippen LogP contribution in [0, 0.1) is 6.92 Å². The Morgan fingerprint density at radius 2 is 1.67 bits per heavy atom. The lowest BCUT2D eigenvalue weighted by Gasteiger charge is -2.16. The predicted molar refractivity (Wildman–Crippen MR) is 102 cm³/mol. The van der Waals surface area contributed by atoms with E-state index in [0.717, 1.165) is 4.90 Å². The first-order valence-electron chi connectivity index (χ1n) is 8.06. The molecule has 2 amide bonds. The minimum atomic E-state index is -3.90. The van der Waals surface area contributed by atoms with E-state index in [1.807, 2.05) is 0 Å². The van der Waals surface area contributed by atoms with Crippen molar-refractivity contribution >= 4 is 44.8 Å². The molecule has 1 N–H and O–H groups in total. The van der Waals surface area contributed by atoms with Crippen molar-refractivity contribution in [2.75, 3.05) is 16.7 Å². The Bertz CT molecular complexity index is 1000. The molecule has 0 aliphatic carbocycles. The zero-order valence-corrected chi connectivity index (χ0v) is 16.2. The summed E-state index contributed by atoms with van der Waals surface area (Å²) in [6.45, 7) is 1.75. The molecule has 0 bridgehead atoms. The predicted octanol–water partition coefficient (Wildman–Crippen LogP) is 3.11. The van der Waals surface area contributed by atoms with Gasteiger partial charge in [0.15, 0.2) is 0 Å². The average molecular weight is 409 g/mol. The fourth-order valence-electron chi connectivity index (χ4n) is 2.75. The lowest BCUT2D eigenvalue weighted by atomic mass is 10.2. The quantitative estimate of drug-likeness (QED) is 0.767. The van der Waals surface area contributed by atoms with Crippen molar-refractivity contribution < 1.29 is 22.7 Å². The van der Waals surface area contributed by atoms with Crippen molar-refractivity contribution in [3.63, 3.8) is 0 Å².